The van der Waals surface area contributed by atoms with E-state index in [1.54, 1.807) is 0 Å². The summed E-state index contributed by atoms with van der Waals surface area (Å²) in [6, 6.07) is 19.1. The highest BCUT2D eigenvalue weighted by molar-refractivity contribution is 5.78. The van der Waals surface area contributed by atoms with E-state index in [9.17, 15) is 4.79 Å². The summed E-state index contributed by atoms with van der Waals surface area (Å²) in [6.07, 6.45) is 1.91. The first kappa shape index (κ1) is 18.7. The lowest BCUT2D eigenvalue weighted by Gasteiger charge is -2.31. The van der Waals surface area contributed by atoms with E-state index in [2.05, 4.69) is 72.6 Å². The minimum absolute atomic E-state index is 0.159. The van der Waals surface area contributed by atoms with Crippen LogP contribution in [-0.2, 0) is 11.3 Å². The number of hydrogen-bond donors (Lipinski definition) is 1. The van der Waals surface area contributed by atoms with Gasteiger partial charge in [-0.25, -0.2) is 0 Å². The van der Waals surface area contributed by atoms with Crippen LogP contribution in [0.2, 0.25) is 0 Å². The zero-order chi connectivity index (χ0) is 18.4. The van der Waals surface area contributed by atoms with E-state index in [0.29, 0.717) is 12.5 Å². The quantitative estimate of drug-likeness (QED) is 0.850. The van der Waals surface area contributed by atoms with Gasteiger partial charge in [0.2, 0.25) is 5.91 Å². The monoisotopic (exact) mass is 350 g/mol. The van der Waals surface area contributed by atoms with Gasteiger partial charge in [0.1, 0.15) is 0 Å². The van der Waals surface area contributed by atoms with Gasteiger partial charge < -0.3 is 5.32 Å². The number of benzene rings is 2. The number of piperidine rings is 1. The van der Waals surface area contributed by atoms with Crippen molar-refractivity contribution in [3.63, 3.8) is 0 Å². The molecule has 3 rings (SSSR count). The molecule has 3 heteroatoms. The summed E-state index contributed by atoms with van der Waals surface area (Å²) in [7, 11) is 0. The number of amides is 1. The number of hydrogen-bond acceptors (Lipinski definition) is 2. The molecule has 0 bridgehead atoms. The standard InChI is InChI=1S/C23H30N2O/c1-18-7-6-8-20(15-18)17-25-13-11-22(12-14-25)23(26)24-16-19(2)21-9-4-3-5-10-21/h3-10,15,19,22H,11-14,16-17H2,1-2H3,(H,24,26)/t19-/m1/s1. The summed E-state index contributed by atoms with van der Waals surface area (Å²) in [5.74, 6) is 0.733. The van der Waals surface area contributed by atoms with Gasteiger partial charge in [0.15, 0.2) is 0 Å². The van der Waals surface area contributed by atoms with E-state index < -0.39 is 0 Å². The highest BCUT2D eigenvalue weighted by Crippen LogP contribution is 2.20. The predicted octanol–water partition coefficient (Wildman–Crippen LogP) is 4.13. The fraction of sp³-hybridized carbons (Fsp3) is 0.435. The largest absolute Gasteiger partial charge is 0.355 e. The summed E-state index contributed by atoms with van der Waals surface area (Å²) in [4.78, 5) is 15.0. The lowest BCUT2D eigenvalue weighted by molar-refractivity contribution is -0.126. The number of nitrogens with zero attached hydrogens (tertiary/aromatic N) is 1. The van der Waals surface area contributed by atoms with Gasteiger partial charge in [-0.1, -0.05) is 67.1 Å². The molecule has 1 aliphatic heterocycles. The van der Waals surface area contributed by atoms with E-state index in [1.807, 2.05) is 6.07 Å². The second kappa shape index (κ2) is 9.00. The SMILES string of the molecule is Cc1cccc(CN2CCC(C(=O)NC[C@@H](C)c3ccccc3)CC2)c1. The molecule has 0 unspecified atom stereocenters. The molecule has 0 aromatic heterocycles. The molecule has 138 valence electrons. The summed E-state index contributed by atoms with van der Waals surface area (Å²) in [5, 5.41) is 3.17. The van der Waals surface area contributed by atoms with Crippen molar-refractivity contribution in [1.29, 1.82) is 0 Å². The van der Waals surface area contributed by atoms with Crippen molar-refractivity contribution in [2.45, 2.75) is 39.2 Å². The fourth-order valence-corrected chi connectivity index (χ4v) is 3.72. The number of likely N-dealkylation sites (tertiary alicyclic amines) is 1. The molecule has 1 aliphatic rings. The minimum Gasteiger partial charge on any atom is -0.355 e. The van der Waals surface area contributed by atoms with E-state index in [0.717, 1.165) is 32.5 Å². The number of rotatable bonds is 6. The molecule has 3 nitrogen and oxygen atoms in total. The van der Waals surface area contributed by atoms with Crippen LogP contribution in [0.5, 0.6) is 0 Å². The third-order valence-corrected chi connectivity index (χ3v) is 5.40. The molecule has 0 spiro atoms. The summed E-state index contributed by atoms with van der Waals surface area (Å²) < 4.78 is 0. The molecule has 1 heterocycles. The highest BCUT2D eigenvalue weighted by atomic mass is 16.1. The van der Waals surface area contributed by atoms with Crippen molar-refractivity contribution in [2.75, 3.05) is 19.6 Å². The second-order valence-corrected chi connectivity index (χ2v) is 7.60. The zero-order valence-electron chi connectivity index (χ0n) is 15.9. The van der Waals surface area contributed by atoms with Crippen molar-refractivity contribution in [3.05, 3.63) is 71.3 Å². The van der Waals surface area contributed by atoms with Crippen LogP contribution in [0.15, 0.2) is 54.6 Å². The number of aryl methyl sites for hydroxylation is 1. The Kier molecular flexibility index (Phi) is 6.45. The molecule has 0 aliphatic carbocycles. The van der Waals surface area contributed by atoms with E-state index in [1.165, 1.54) is 16.7 Å². The maximum atomic E-state index is 12.5. The first-order valence-corrected chi connectivity index (χ1v) is 9.72. The summed E-state index contributed by atoms with van der Waals surface area (Å²) in [5.41, 5.74) is 3.95. The predicted molar refractivity (Wildman–Crippen MR) is 107 cm³/mol. The first-order valence-electron chi connectivity index (χ1n) is 9.72. The van der Waals surface area contributed by atoms with Crippen molar-refractivity contribution < 1.29 is 4.79 Å². The summed E-state index contributed by atoms with van der Waals surface area (Å²) >= 11 is 0. The number of nitrogens with one attached hydrogen (secondary N) is 1. The highest BCUT2D eigenvalue weighted by Gasteiger charge is 2.25. The molecular formula is C23H30N2O. The molecule has 0 saturated carbocycles. The Balaban J connectivity index is 1.42. The van der Waals surface area contributed by atoms with Crippen LogP contribution in [-0.4, -0.2) is 30.4 Å². The topological polar surface area (TPSA) is 32.3 Å². The molecular weight excluding hydrogens is 320 g/mol. The Morgan fingerprint density at radius 2 is 1.85 bits per heavy atom. The van der Waals surface area contributed by atoms with Gasteiger partial charge in [0.25, 0.3) is 0 Å². The van der Waals surface area contributed by atoms with Gasteiger partial charge in [0.05, 0.1) is 0 Å². The fourth-order valence-electron chi connectivity index (χ4n) is 3.72. The third kappa shape index (κ3) is 5.18. The Morgan fingerprint density at radius 3 is 2.54 bits per heavy atom. The Bertz CT molecular complexity index is 705. The molecule has 26 heavy (non-hydrogen) atoms. The van der Waals surface area contributed by atoms with Crippen LogP contribution >= 0.6 is 0 Å². The van der Waals surface area contributed by atoms with E-state index in [-0.39, 0.29) is 11.8 Å². The van der Waals surface area contributed by atoms with Gasteiger partial charge in [-0.05, 0) is 49.9 Å². The summed E-state index contributed by atoms with van der Waals surface area (Å²) in [6.45, 7) is 8.00. The Hall–Kier alpha value is -2.13. The molecule has 1 atom stereocenters. The van der Waals surface area contributed by atoms with Crippen molar-refractivity contribution in [1.82, 2.24) is 10.2 Å². The van der Waals surface area contributed by atoms with Crippen LogP contribution < -0.4 is 5.32 Å². The molecule has 1 amide bonds. The van der Waals surface area contributed by atoms with Gasteiger partial charge in [-0.2, -0.15) is 0 Å². The van der Waals surface area contributed by atoms with Crippen LogP contribution in [0, 0.1) is 12.8 Å². The molecule has 0 radical (unpaired) electrons. The molecule has 1 fully saturated rings. The molecule has 2 aromatic carbocycles. The van der Waals surface area contributed by atoms with Crippen LogP contribution in [0.4, 0.5) is 0 Å². The van der Waals surface area contributed by atoms with Gasteiger partial charge in [-0.3, -0.25) is 9.69 Å². The smallest absolute Gasteiger partial charge is 0.223 e. The minimum atomic E-state index is 0.159. The van der Waals surface area contributed by atoms with Crippen molar-refractivity contribution in [2.24, 2.45) is 5.92 Å². The van der Waals surface area contributed by atoms with Gasteiger partial charge >= 0.3 is 0 Å². The van der Waals surface area contributed by atoms with Crippen molar-refractivity contribution >= 4 is 5.91 Å². The Labute approximate surface area is 157 Å². The number of carbonyl (C=O) groups is 1. The maximum Gasteiger partial charge on any atom is 0.223 e. The second-order valence-electron chi connectivity index (χ2n) is 7.60. The van der Waals surface area contributed by atoms with Crippen LogP contribution in [0.3, 0.4) is 0 Å². The lowest BCUT2D eigenvalue weighted by Crippen LogP contribution is -2.41. The molecule has 2 aromatic rings. The molecule has 1 saturated heterocycles. The molecule has 1 N–H and O–H groups in total. The first-order chi connectivity index (χ1) is 12.6. The van der Waals surface area contributed by atoms with E-state index in [4.69, 9.17) is 0 Å². The average Bonchev–Trinajstić information content (AvgIpc) is 2.67. The number of carbonyl (C=O) groups excluding carboxylic acids is 1. The van der Waals surface area contributed by atoms with Crippen LogP contribution in [0.25, 0.3) is 0 Å². The van der Waals surface area contributed by atoms with E-state index >= 15 is 0 Å². The van der Waals surface area contributed by atoms with Crippen LogP contribution in [0.1, 0.15) is 42.4 Å². The zero-order valence-corrected chi connectivity index (χ0v) is 15.9. The normalized spacial score (nSPS) is 17.0. The Morgan fingerprint density at radius 1 is 1.12 bits per heavy atom. The maximum absolute atomic E-state index is 12.5. The third-order valence-electron chi connectivity index (χ3n) is 5.40. The van der Waals surface area contributed by atoms with Gasteiger partial charge in [-0.15, -0.1) is 0 Å². The average molecular weight is 351 g/mol. The van der Waals surface area contributed by atoms with Crippen molar-refractivity contribution in [3.8, 4) is 0 Å². The van der Waals surface area contributed by atoms with Gasteiger partial charge in [0, 0.05) is 19.0 Å². The lowest BCUT2D eigenvalue weighted by atomic mass is 9.94.